The van der Waals surface area contributed by atoms with Crippen molar-refractivity contribution < 1.29 is 4.74 Å². The monoisotopic (exact) mass is 170 g/mol. The van der Waals surface area contributed by atoms with Gasteiger partial charge in [-0.2, -0.15) is 5.26 Å². The quantitative estimate of drug-likeness (QED) is 0.602. The average Bonchev–Trinajstić information content (AvgIpc) is 2.12. The van der Waals surface area contributed by atoms with Gasteiger partial charge in [0, 0.05) is 13.7 Å². The number of likely N-dealkylation sites (N-methyl/N-ethyl adjacent to an activating group) is 1. The van der Waals surface area contributed by atoms with Gasteiger partial charge in [0.15, 0.2) is 0 Å². The van der Waals surface area contributed by atoms with Crippen LogP contribution in [0.4, 0.5) is 0 Å². The Morgan fingerprint density at radius 3 is 2.50 bits per heavy atom. The van der Waals surface area contributed by atoms with E-state index in [1.54, 1.807) is 7.11 Å². The van der Waals surface area contributed by atoms with Crippen molar-refractivity contribution in [1.82, 2.24) is 4.90 Å². The summed E-state index contributed by atoms with van der Waals surface area (Å²) < 4.78 is 4.96. The number of nitrogens with zero attached hydrogens (tertiary/aromatic N) is 2. The van der Waals surface area contributed by atoms with Gasteiger partial charge in [0.25, 0.3) is 0 Å². The maximum absolute atomic E-state index is 8.79. The van der Waals surface area contributed by atoms with Crippen molar-refractivity contribution in [3.63, 3.8) is 0 Å². The number of methoxy groups -OCH3 is 1. The van der Waals surface area contributed by atoms with E-state index in [2.05, 4.69) is 17.9 Å². The fourth-order valence-electron chi connectivity index (χ4n) is 1.17. The molecule has 0 aromatic carbocycles. The molecule has 0 aliphatic carbocycles. The van der Waals surface area contributed by atoms with Gasteiger partial charge >= 0.3 is 0 Å². The Morgan fingerprint density at radius 2 is 2.17 bits per heavy atom. The molecule has 0 radical (unpaired) electrons. The highest BCUT2D eigenvalue weighted by Gasteiger charge is 2.12. The van der Waals surface area contributed by atoms with Gasteiger partial charge in [-0.15, -0.1) is 0 Å². The summed E-state index contributed by atoms with van der Waals surface area (Å²) in [7, 11) is 1.68. The summed E-state index contributed by atoms with van der Waals surface area (Å²) in [6, 6.07) is 2.33. The van der Waals surface area contributed by atoms with E-state index in [0.717, 1.165) is 19.5 Å². The van der Waals surface area contributed by atoms with E-state index in [1.807, 2.05) is 6.92 Å². The largest absolute Gasteiger partial charge is 0.383 e. The van der Waals surface area contributed by atoms with Crippen LogP contribution in [0.15, 0.2) is 0 Å². The predicted octanol–water partition coefficient (Wildman–Crippen LogP) is 1.26. The molecule has 0 fully saturated rings. The molecule has 0 aromatic heterocycles. The second-order valence-corrected chi connectivity index (χ2v) is 2.67. The molecule has 0 aliphatic rings. The molecular formula is C9H18N2O. The lowest BCUT2D eigenvalue weighted by Gasteiger charge is -2.23. The lowest BCUT2D eigenvalue weighted by molar-refractivity contribution is 0.137. The molecule has 0 bridgehead atoms. The van der Waals surface area contributed by atoms with Crippen molar-refractivity contribution >= 4 is 0 Å². The smallest absolute Gasteiger partial charge is 0.0975 e. The van der Waals surface area contributed by atoms with Gasteiger partial charge in [0.05, 0.1) is 18.7 Å². The maximum atomic E-state index is 8.79. The summed E-state index contributed by atoms with van der Waals surface area (Å²) in [6.07, 6.45) is 0.883. The van der Waals surface area contributed by atoms with Crippen molar-refractivity contribution in [3.05, 3.63) is 0 Å². The molecule has 0 rings (SSSR count). The Bertz CT molecular complexity index is 142. The second kappa shape index (κ2) is 7.08. The van der Waals surface area contributed by atoms with E-state index in [9.17, 15) is 0 Å². The first-order chi connectivity index (χ1) is 5.79. The highest BCUT2D eigenvalue weighted by Crippen LogP contribution is 2.01. The van der Waals surface area contributed by atoms with E-state index in [0.29, 0.717) is 6.61 Å². The summed E-state index contributed by atoms with van der Waals surface area (Å²) in [5.41, 5.74) is 0. The number of nitriles is 1. The summed E-state index contributed by atoms with van der Waals surface area (Å²) in [6.45, 7) is 6.56. The molecule has 70 valence electrons. The van der Waals surface area contributed by atoms with Crippen LogP contribution < -0.4 is 0 Å². The van der Waals surface area contributed by atoms with E-state index in [-0.39, 0.29) is 6.04 Å². The van der Waals surface area contributed by atoms with Crippen molar-refractivity contribution in [2.24, 2.45) is 0 Å². The molecule has 1 atom stereocenters. The lowest BCUT2D eigenvalue weighted by Crippen LogP contribution is -2.36. The summed E-state index contributed by atoms with van der Waals surface area (Å²) >= 11 is 0. The Hall–Kier alpha value is -0.590. The molecule has 0 spiro atoms. The predicted molar refractivity (Wildman–Crippen MR) is 48.8 cm³/mol. The second-order valence-electron chi connectivity index (χ2n) is 2.67. The highest BCUT2D eigenvalue weighted by atomic mass is 16.5. The SMILES string of the molecule is CCC(C#N)N(CC)CCOC. The molecule has 3 heteroatoms. The third-order valence-electron chi connectivity index (χ3n) is 1.97. The average molecular weight is 170 g/mol. The molecule has 0 N–H and O–H groups in total. The summed E-state index contributed by atoms with van der Waals surface area (Å²) in [5, 5.41) is 8.79. The van der Waals surface area contributed by atoms with E-state index in [1.165, 1.54) is 0 Å². The van der Waals surface area contributed by atoms with Crippen LogP contribution in [-0.2, 0) is 4.74 Å². The fraction of sp³-hybridized carbons (Fsp3) is 0.889. The Labute approximate surface area is 74.9 Å². The molecule has 12 heavy (non-hydrogen) atoms. The molecular weight excluding hydrogens is 152 g/mol. The van der Waals surface area contributed by atoms with Gasteiger partial charge < -0.3 is 4.74 Å². The Morgan fingerprint density at radius 1 is 1.50 bits per heavy atom. The third-order valence-corrected chi connectivity index (χ3v) is 1.97. The zero-order valence-corrected chi connectivity index (χ0v) is 8.21. The van der Waals surface area contributed by atoms with Crippen LogP contribution in [0.5, 0.6) is 0 Å². The highest BCUT2D eigenvalue weighted by molar-refractivity contribution is 4.90. The van der Waals surface area contributed by atoms with Crippen molar-refractivity contribution in [1.29, 1.82) is 5.26 Å². The first-order valence-corrected chi connectivity index (χ1v) is 4.42. The van der Waals surface area contributed by atoms with Crippen LogP contribution in [0.1, 0.15) is 20.3 Å². The Balaban J connectivity index is 3.86. The van der Waals surface area contributed by atoms with Crippen molar-refractivity contribution in [2.45, 2.75) is 26.3 Å². The number of ether oxygens (including phenoxy) is 1. The topological polar surface area (TPSA) is 36.3 Å². The minimum Gasteiger partial charge on any atom is -0.383 e. The normalized spacial score (nSPS) is 12.9. The van der Waals surface area contributed by atoms with Gasteiger partial charge in [-0.05, 0) is 13.0 Å². The van der Waals surface area contributed by atoms with E-state index < -0.39 is 0 Å². The molecule has 3 nitrogen and oxygen atoms in total. The molecule has 0 amide bonds. The van der Waals surface area contributed by atoms with E-state index >= 15 is 0 Å². The van der Waals surface area contributed by atoms with Gasteiger partial charge in [-0.25, -0.2) is 0 Å². The zero-order chi connectivity index (χ0) is 9.40. The number of hydrogen-bond acceptors (Lipinski definition) is 3. The van der Waals surface area contributed by atoms with Gasteiger partial charge in [0.2, 0.25) is 0 Å². The van der Waals surface area contributed by atoms with Gasteiger partial charge in [0.1, 0.15) is 0 Å². The van der Waals surface area contributed by atoms with E-state index in [4.69, 9.17) is 10.00 Å². The minimum absolute atomic E-state index is 0.0464. The molecule has 0 saturated carbocycles. The molecule has 1 unspecified atom stereocenters. The standard InChI is InChI=1S/C9H18N2O/c1-4-9(8-10)11(5-2)6-7-12-3/h9H,4-7H2,1-3H3. The summed E-state index contributed by atoms with van der Waals surface area (Å²) in [4.78, 5) is 2.13. The first-order valence-electron chi connectivity index (χ1n) is 4.42. The van der Waals surface area contributed by atoms with Crippen LogP contribution in [0.2, 0.25) is 0 Å². The molecule has 0 saturated heterocycles. The molecule has 0 heterocycles. The maximum Gasteiger partial charge on any atom is 0.0975 e. The lowest BCUT2D eigenvalue weighted by atomic mass is 10.2. The van der Waals surface area contributed by atoms with Crippen LogP contribution >= 0.6 is 0 Å². The zero-order valence-electron chi connectivity index (χ0n) is 8.21. The first kappa shape index (κ1) is 11.4. The number of rotatable bonds is 6. The van der Waals surface area contributed by atoms with Crippen LogP contribution in [0.3, 0.4) is 0 Å². The van der Waals surface area contributed by atoms with Crippen molar-refractivity contribution in [2.75, 3.05) is 26.8 Å². The molecule has 0 aromatic rings. The summed E-state index contributed by atoms with van der Waals surface area (Å²) in [5.74, 6) is 0. The van der Waals surface area contributed by atoms with Gasteiger partial charge in [-0.3, -0.25) is 4.90 Å². The van der Waals surface area contributed by atoms with Crippen LogP contribution in [0, 0.1) is 11.3 Å². The van der Waals surface area contributed by atoms with Crippen LogP contribution in [-0.4, -0.2) is 37.7 Å². The van der Waals surface area contributed by atoms with Crippen LogP contribution in [0.25, 0.3) is 0 Å². The third kappa shape index (κ3) is 3.70. The molecule has 0 aliphatic heterocycles. The number of hydrogen-bond donors (Lipinski definition) is 0. The van der Waals surface area contributed by atoms with Crippen molar-refractivity contribution in [3.8, 4) is 6.07 Å². The Kier molecular flexibility index (Phi) is 6.73. The van der Waals surface area contributed by atoms with Gasteiger partial charge in [-0.1, -0.05) is 13.8 Å². The fourth-order valence-corrected chi connectivity index (χ4v) is 1.17. The minimum atomic E-state index is 0.0464.